The van der Waals surface area contributed by atoms with Gasteiger partial charge >= 0.3 is 0 Å². The van der Waals surface area contributed by atoms with Gasteiger partial charge in [0.2, 0.25) is 5.91 Å². The largest absolute Gasteiger partial charge is 0.368 e. The van der Waals surface area contributed by atoms with Crippen molar-refractivity contribution in [3.8, 4) is 0 Å². The van der Waals surface area contributed by atoms with Crippen molar-refractivity contribution in [3.05, 3.63) is 52.7 Å². The van der Waals surface area contributed by atoms with Crippen molar-refractivity contribution >= 4 is 22.9 Å². The van der Waals surface area contributed by atoms with Crippen LogP contribution < -0.4 is 4.90 Å². The summed E-state index contributed by atoms with van der Waals surface area (Å²) in [5.74, 6) is 0.293. The molecule has 0 spiro atoms. The van der Waals surface area contributed by atoms with Crippen LogP contribution in [0.15, 0.2) is 47.8 Å². The van der Waals surface area contributed by atoms with Crippen molar-refractivity contribution in [1.29, 1.82) is 0 Å². The van der Waals surface area contributed by atoms with Gasteiger partial charge in [-0.1, -0.05) is 24.3 Å². The Balaban J connectivity index is 1.37. The minimum atomic E-state index is -0.0344. The Kier molecular flexibility index (Phi) is 5.27. The second-order valence-corrected chi connectivity index (χ2v) is 8.21. The summed E-state index contributed by atoms with van der Waals surface area (Å²) in [6, 6.07) is 15.2. The van der Waals surface area contributed by atoms with Gasteiger partial charge in [0.25, 0.3) is 0 Å². The lowest BCUT2D eigenvalue weighted by atomic mass is 10.1. The first-order valence-corrected chi connectivity index (χ1v) is 10.5. The Labute approximate surface area is 160 Å². The van der Waals surface area contributed by atoms with Crippen LogP contribution in [0.3, 0.4) is 0 Å². The van der Waals surface area contributed by atoms with Crippen molar-refractivity contribution in [3.63, 3.8) is 0 Å². The zero-order valence-electron chi connectivity index (χ0n) is 15.4. The van der Waals surface area contributed by atoms with Gasteiger partial charge in [-0.15, -0.1) is 11.3 Å². The quantitative estimate of drug-likeness (QED) is 0.823. The van der Waals surface area contributed by atoms with Crippen LogP contribution in [0.1, 0.15) is 30.7 Å². The van der Waals surface area contributed by atoms with Gasteiger partial charge in [-0.05, 0) is 49.9 Å². The Morgan fingerprint density at radius 2 is 1.81 bits per heavy atom. The molecule has 2 fully saturated rings. The normalized spacial score (nSPS) is 22.6. The number of piperazine rings is 1. The summed E-state index contributed by atoms with van der Waals surface area (Å²) in [6.45, 7) is 6.58. The van der Waals surface area contributed by atoms with Gasteiger partial charge in [0, 0.05) is 42.8 Å². The molecule has 0 aliphatic carbocycles. The number of carbonyl (C=O) groups is 1. The third-order valence-electron chi connectivity index (χ3n) is 5.73. The Morgan fingerprint density at radius 3 is 2.50 bits per heavy atom. The van der Waals surface area contributed by atoms with Crippen LogP contribution in [-0.2, 0) is 4.79 Å². The maximum atomic E-state index is 13.1. The molecule has 2 aliphatic heterocycles. The van der Waals surface area contributed by atoms with E-state index in [2.05, 4.69) is 63.4 Å². The van der Waals surface area contributed by atoms with Gasteiger partial charge in [-0.2, -0.15) is 0 Å². The number of hydrogen-bond donors (Lipinski definition) is 0. The SMILES string of the molecule is C[C@@H](C(=O)N1CCN(c2ccccc2)CC1)N1CCC[C@H]1c1cccs1. The van der Waals surface area contributed by atoms with Gasteiger partial charge in [0.05, 0.1) is 6.04 Å². The Hall–Kier alpha value is -1.85. The number of carbonyl (C=O) groups excluding carboxylic acids is 1. The smallest absolute Gasteiger partial charge is 0.239 e. The van der Waals surface area contributed by atoms with E-state index in [1.54, 1.807) is 0 Å². The van der Waals surface area contributed by atoms with Gasteiger partial charge in [-0.25, -0.2) is 0 Å². The molecule has 1 aromatic carbocycles. The molecule has 26 heavy (non-hydrogen) atoms. The standard InChI is InChI=1S/C21H27N3OS/c1-17(24-11-5-9-19(24)20-10-6-16-26-20)21(25)23-14-12-22(13-15-23)18-7-3-2-4-8-18/h2-4,6-8,10,16-17,19H,5,9,11-15H2,1H3/t17-,19-/m0/s1. The van der Waals surface area contributed by atoms with Crippen LogP contribution in [0.4, 0.5) is 5.69 Å². The van der Waals surface area contributed by atoms with Gasteiger partial charge in [0.15, 0.2) is 0 Å². The van der Waals surface area contributed by atoms with Crippen molar-refractivity contribution in [2.75, 3.05) is 37.6 Å². The summed E-state index contributed by atoms with van der Waals surface area (Å²) < 4.78 is 0. The molecule has 1 aromatic heterocycles. The second kappa shape index (κ2) is 7.80. The van der Waals surface area contributed by atoms with Gasteiger partial charge in [-0.3, -0.25) is 9.69 Å². The van der Waals surface area contributed by atoms with Crippen LogP contribution in [0.25, 0.3) is 0 Å². The van der Waals surface area contributed by atoms with Crippen LogP contribution in [0, 0.1) is 0 Å². The molecule has 0 saturated carbocycles. The van der Waals surface area contributed by atoms with Crippen molar-refractivity contribution < 1.29 is 4.79 Å². The summed E-state index contributed by atoms with van der Waals surface area (Å²) in [5, 5.41) is 2.14. The minimum Gasteiger partial charge on any atom is -0.368 e. The fourth-order valence-electron chi connectivity index (χ4n) is 4.27. The predicted molar refractivity (Wildman–Crippen MR) is 108 cm³/mol. The average molecular weight is 370 g/mol. The third kappa shape index (κ3) is 3.51. The summed E-state index contributed by atoms with van der Waals surface area (Å²) in [7, 11) is 0. The van der Waals surface area contributed by atoms with Gasteiger partial charge in [0.1, 0.15) is 0 Å². The van der Waals surface area contributed by atoms with E-state index in [4.69, 9.17) is 0 Å². The summed E-state index contributed by atoms with van der Waals surface area (Å²) in [4.78, 5) is 21.4. The van der Waals surface area contributed by atoms with E-state index in [0.29, 0.717) is 11.9 Å². The zero-order valence-corrected chi connectivity index (χ0v) is 16.2. The maximum absolute atomic E-state index is 13.1. The highest BCUT2D eigenvalue weighted by atomic mass is 32.1. The molecule has 4 nitrogen and oxygen atoms in total. The zero-order chi connectivity index (χ0) is 17.9. The van der Waals surface area contributed by atoms with Crippen LogP contribution >= 0.6 is 11.3 Å². The highest BCUT2D eigenvalue weighted by Gasteiger charge is 2.35. The molecule has 0 N–H and O–H groups in total. The minimum absolute atomic E-state index is 0.0344. The molecule has 0 unspecified atom stereocenters. The number of amides is 1. The molecule has 0 radical (unpaired) electrons. The summed E-state index contributed by atoms with van der Waals surface area (Å²) in [6.07, 6.45) is 2.35. The molecular formula is C21H27N3OS. The topological polar surface area (TPSA) is 26.8 Å². The lowest BCUT2D eigenvalue weighted by Gasteiger charge is -2.39. The number of nitrogens with zero attached hydrogens (tertiary/aromatic N) is 3. The lowest BCUT2D eigenvalue weighted by molar-refractivity contribution is -0.137. The molecule has 2 aromatic rings. The van der Waals surface area contributed by atoms with E-state index < -0.39 is 0 Å². The summed E-state index contributed by atoms with van der Waals surface area (Å²) >= 11 is 1.81. The van der Waals surface area contributed by atoms with E-state index in [9.17, 15) is 4.79 Å². The number of hydrogen-bond acceptors (Lipinski definition) is 4. The summed E-state index contributed by atoms with van der Waals surface area (Å²) in [5.41, 5.74) is 1.25. The highest BCUT2D eigenvalue weighted by Crippen LogP contribution is 2.36. The number of likely N-dealkylation sites (tertiary alicyclic amines) is 1. The van der Waals surface area contributed by atoms with Crippen LogP contribution in [0.5, 0.6) is 0 Å². The number of thiophene rings is 1. The number of para-hydroxylation sites is 1. The Bertz CT molecular complexity index is 710. The fraction of sp³-hybridized carbons (Fsp3) is 0.476. The first kappa shape index (κ1) is 17.6. The molecule has 138 valence electrons. The molecule has 2 atom stereocenters. The molecule has 3 heterocycles. The van der Waals surface area contributed by atoms with E-state index in [-0.39, 0.29) is 6.04 Å². The molecule has 2 saturated heterocycles. The van der Waals surface area contributed by atoms with Crippen LogP contribution in [-0.4, -0.2) is 54.5 Å². The number of rotatable bonds is 4. The maximum Gasteiger partial charge on any atom is 0.239 e. The monoisotopic (exact) mass is 369 g/mol. The molecular weight excluding hydrogens is 342 g/mol. The average Bonchev–Trinajstić information content (AvgIpc) is 3.39. The van der Waals surface area contributed by atoms with Crippen LogP contribution in [0.2, 0.25) is 0 Å². The number of anilines is 1. The number of benzene rings is 1. The first-order valence-electron chi connectivity index (χ1n) is 9.62. The molecule has 2 aliphatic rings. The molecule has 4 rings (SSSR count). The van der Waals surface area contributed by atoms with Gasteiger partial charge < -0.3 is 9.80 Å². The van der Waals surface area contributed by atoms with Crippen molar-refractivity contribution in [2.24, 2.45) is 0 Å². The highest BCUT2D eigenvalue weighted by molar-refractivity contribution is 7.10. The molecule has 0 bridgehead atoms. The second-order valence-electron chi connectivity index (χ2n) is 7.24. The first-order chi connectivity index (χ1) is 12.7. The van der Waals surface area contributed by atoms with Crippen molar-refractivity contribution in [1.82, 2.24) is 9.80 Å². The fourth-order valence-corrected chi connectivity index (χ4v) is 5.15. The predicted octanol–water partition coefficient (Wildman–Crippen LogP) is 3.62. The Morgan fingerprint density at radius 1 is 1.04 bits per heavy atom. The molecule has 5 heteroatoms. The van der Waals surface area contributed by atoms with Crippen molar-refractivity contribution in [2.45, 2.75) is 31.8 Å². The van der Waals surface area contributed by atoms with E-state index >= 15 is 0 Å². The lowest BCUT2D eigenvalue weighted by Crippen LogP contribution is -2.54. The van der Waals surface area contributed by atoms with E-state index in [0.717, 1.165) is 32.7 Å². The van der Waals surface area contributed by atoms with E-state index in [1.807, 2.05) is 17.4 Å². The molecule has 1 amide bonds. The van der Waals surface area contributed by atoms with E-state index in [1.165, 1.54) is 23.4 Å². The third-order valence-corrected chi connectivity index (χ3v) is 6.71.